The van der Waals surface area contributed by atoms with Gasteiger partial charge >= 0.3 is 0 Å². The molecule has 0 aromatic carbocycles. The van der Waals surface area contributed by atoms with Crippen molar-refractivity contribution in [2.45, 2.75) is 80.1 Å². The van der Waals surface area contributed by atoms with Crippen LogP contribution in [0.5, 0.6) is 0 Å². The fourth-order valence-corrected chi connectivity index (χ4v) is 2.23. The third-order valence-corrected chi connectivity index (χ3v) is 5.92. The van der Waals surface area contributed by atoms with Gasteiger partial charge in [0.1, 0.15) is 0 Å². The minimum Gasteiger partial charge on any atom is -0.822 e. The van der Waals surface area contributed by atoms with Crippen molar-refractivity contribution in [3.05, 3.63) is 0 Å². The summed E-state index contributed by atoms with van der Waals surface area (Å²) in [6.07, 6.45) is 8.05. The van der Waals surface area contributed by atoms with Crippen LogP contribution in [0.2, 0.25) is 0 Å². The number of unbranched alkanes of at least 4 members (excludes halogenated alkanes) is 3. The number of hydrogen-bond donors (Lipinski definition) is 0. The van der Waals surface area contributed by atoms with Crippen molar-refractivity contribution in [1.82, 2.24) is 0 Å². The SMILES string of the molecule is CCCC[N+](C)(C)CC.CCCC[N+](C)(C)CC.CCCC[N+](C)(C)CC.O=P([O-])([O-])[O-]. The van der Waals surface area contributed by atoms with Gasteiger partial charge in [0.05, 0.1) is 81.6 Å². The number of rotatable bonds is 12. The van der Waals surface area contributed by atoms with Crippen molar-refractivity contribution in [2.24, 2.45) is 0 Å². The molecular formula is C24H60N3O4P. The van der Waals surface area contributed by atoms with Crippen molar-refractivity contribution < 1.29 is 32.7 Å². The molecule has 200 valence electrons. The van der Waals surface area contributed by atoms with E-state index < -0.39 is 7.82 Å². The van der Waals surface area contributed by atoms with Crippen LogP contribution in [0, 0.1) is 0 Å². The first-order valence-electron chi connectivity index (χ1n) is 12.6. The van der Waals surface area contributed by atoms with Crippen molar-refractivity contribution >= 4 is 7.82 Å². The van der Waals surface area contributed by atoms with E-state index in [1.165, 1.54) is 91.2 Å². The highest BCUT2D eigenvalue weighted by Gasteiger charge is 2.10. The molecule has 0 aromatic rings. The molecule has 0 aliphatic heterocycles. The Kier molecular flexibility index (Phi) is 26.4. The molecule has 0 radical (unpaired) electrons. The van der Waals surface area contributed by atoms with Gasteiger partial charge in [-0.05, 0) is 40.0 Å². The maximum atomic E-state index is 8.55. The highest BCUT2D eigenvalue weighted by atomic mass is 31.2. The quantitative estimate of drug-likeness (QED) is 0.314. The van der Waals surface area contributed by atoms with Crippen LogP contribution in [0.15, 0.2) is 0 Å². The highest BCUT2D eigenvalue weighted by Crippen LogP contribution is 2.03. The van der Waals surface area contributed by atoms with Gasteiger partial charge in [-0.1, -0.05) is 40.0 Å². The van der Waals surface area contributed by atoms with Crippen LogP contribution in [0.25, 0.3) is 0 Å². The summed E-state index contributed by atoms with van der Waals surface area (Å²) in [6, 6.07) is 0. The van der Waals surface area contributed by atoms with Gasteiger partial charge in [-0.25, -0.2) is 0 Å². The third-order valence-electron chi connectivity index (χ3n) is 5.92. The second kappa shape index (κ2) is 21.5. The summed E-state index contributed by atoms with van der Waals surface area (Å²) >= 11 is 0. The van der Waals surface area contributed by atoms with E-state index in [2.05, 4.69) is 83.8 Å². The minimum atomic E-state index is -5.39. The summed E-state index contributed by atoms with van der Waals surface area (Å²) in [6.45, 7) is 21.2. The maximum absolute atomic E-state index is 8.55. The first-order chi connectivity index (χ1) is 14.4. The lowest BCUT2D eigenvalue weighted by molar-refractivity contribution is -0.888. The van der Waals surface area contributed by atoms with Crippen molar-refractivity contribution in [3.63, 3.8) is 0 Å². The molecule has 0 saturated carbocycles. The summed E-state index contributed by atoms with van der Waals surface area (Å²) in [5.41, 5.74) is 0. The molecule has 0 atom stereocenters. The molecular weight excluding hydrogens is 425 g/mol. The van der Waals surface area contributed by atoms with Crippen molar-refractivity contribution in [1.29, 1.82) is 0 Å². The van der Waals surface area contributed by atoms with Crippen LogP contribution in [0.3, 0.4) is 0 Å². The first kappa shape index (κ1) is 39.2. The fourth-order valence-electron chi connectivity index (χ4n) is 2.23. The predicted octanol–water partition coefficient (Wildman–Crippen LogP) is 2.82. The number of phosphoric acid groups is 1. The van der Waals surface area contributed by atoms with Crippen molar-refractivity contribution in [2.75, 3.05) is 81.6 Å². The normalized spacial score (nSPS) is 12.0. The van der Waals surface area contributed by atoms with Gasteiger partial charge in [0.15, 0.2) is 0 Å². The fraction of sp³-hybridized carbons (Fsp3) is 1.00. The number of nitrogens with zero attached hydrogens (tertiary/aromatic N) is 3. The molecule has 0 rings (SSSR count). The third kappa shape index (κ3) is 43.8. The lowest BCUT2D eigenvalue weighted by Crippen LogP contribution is -2.39. The molecule has 0 N–H and O–H groups in total. The maximum Gasteiger partial charge on any atom is 0.0782 e. The molecule has 0 fully saturated rings. The smallest absolute Gasteiger partial charge is 0.0782 e. The van der Waals surface area contributed by atoms with E-state index in [0.29, 0.717) is 0 Å². The second-order valence-corrected chi connectivity index (χ2v) is 11.3. The van der Waals surface area contributed by atoms with E-state index in [1.807, 2.05) is 0 Å². The minimum absolute atomic E-state index is 1.17. The molecule has 0 saturated heterocycles. The van der Waals surface area contributed by atoms with Crippen LogP contribution >= 0.6 is 7.82 Å². The Bertz CT molecular complexity index is 383. The molecule has 8 heteroatoms. The van der Waals surface area contributed by atoms with Gasteiger partial charge in [0.2, 0.25) is 0 Å². The Hall–Kier alpha value is -0.0100. The zero-order valence-electron chi connectivity index (χ0n) is 23.9. The molecule has 0 aliphatic carbocycles. The van der Waals surface area contributed by atoms with E-state index in [1.54, 1.807) is 0 Å². The molecule has 0 bridgehead atoms. The molecule has 0 aromatic heterocycles. The van der Waals surface area contributed by atoms with E-state index in [-0.39, 0.29) is 0 Å². The Morgan fingerprint density at radius 3 is 0.750 bits per heavy atom. The topological polar surface area (TPSA) is 86.2 Å². The summed E-state index contributed by atoms with van der Waals surface area (Å²) in [5.74, 6) is 0. The van der Waals surface area contributed by atoms with Crippen LogP contribution < -0.4 is 14.7 Å². The highest BCUT2D eigenvalue weighted by molar-refractivity contribution is 7.40. The second-order valence-electron chi connectivity index (χ2n) is 10.4. The van der Waals surface area contributed by atoms with Crippen molar-refractivity contribution in [3.8, 4) is 0 Å². The Morgan fingerprint density at radius 2 is 0.656 bits per heavy atom. The molecule has 0 unspecified atom stereocenters. The summed E-state index contributed by atoms with van der Waals surface area (Å²) in [5, 5.41) is 0. The molecule has 7 nitrogen and oxygen atoms in total. The van der Waals surface area contributed by atoms with Crippen LogP contribution in [-0.4, -0.2) is 95.0 Å². The van der Waals surface area contributed by atoms with E-state index in [4.69, 9.17) is 19.2 Å². The number of hydrogen-bond acceptors (Lipinski definition) is 4. The van der Waals surface area contributed by atoms with Gasteiger partial charge in [-0.15, -0.1) is 0 Å². The van der Waals surface area contributed by atoms with E-state index in [9.17, 15) is 0 Å². The lowest BCUT2D eigenvalue weighted by atomic mass is 10.3. The predicted molar refractivity (Wildman–Crippen MR) is 135 cm³/mol. The Morgan fingerprint density at radius 1 is 0.500 bits per heavy atom. The monoisotopic (exact) mass is 485 g/mol. The van der Waals surface area contributed by atoms with Crippen LogP contribution in [0.4, 0.5) is 0 Å². The summed E-state index contributed by atoms with van der Waals surface area (Å²) < 4.78 is 12.1. The van der Waals surface area contributed by atoms with Gasteiger partial charge in [0, 0.05) is 0 Å². The van der Waals surface area contributed by atoms with Gasteiger partial charge in [-0.3, -0.25) is 0 Å². The molecule has 32 heavy (non-hydrogen) atoms. The van der Waals surface area contributed by atoms with Gasteiger partial charge < -0.3 is 32.7 Å². The first-order valence-corrected chi connectivity index (χ1v) is 14.0. The number of quaternary nitrogens is 3. The zero-order chi connectivity index (χ0) is 26.5. The summed E-state index contributed by atoms with van der Waals surface area (Å²) in [4.78, 5) is 25.6. The molecule has 0 amide bonds. The Labute approximate surface area is 202 Å². The lowest BCUT2D eigenvalue weighted by Gasteiger charge is -2.36. The average molecular weight is 486 g/mol. The van der Waals surface area contributed by atoms with Gasteiger partial charge in [-0.2, -0.15) is 7.82 Å². The van der Waals surface area contributed by atoms with E-state index >= 15 is 0 Å². The zero-order valence-corrected chi connectivity index (χ0v) is 24.8. The van der Waals surface area contributed by atoms with Crippen LogP contribution in [0.1, 0.15) is 80.1 Å². The Balaban J connectivity index is -0.000000167. The average Bonchev–Trinajstić information content (AvgIpc) is 2.69. The summed E-state index contributed by atoms with van der Waals surface area (Å²) in [7, 11) is 8.34. The molecule has 0 heterocycles. The standard InChI is InChI=1S/3C8H20N.H3O4P/c3*1-5-7-8-9(3,4)6-2;1-5(2,3)4/h3*5-8H2,1-4H3;(H3,1,2,3,4)/q3*+1;/p-3. The molecule has 0 aliphatic rings. The van der Waals surface area contributed by atoms with Crippen LogP contribution in [-0.2, 0) is 4.57 Å². The van der Waals surface area contributed by atoms with E-state index in [0.717, 1.165) is 0 Å². The van der Waals surface area contributed by atoms with Gasteiger partial charge in [0.25, 0.3) is 0 Å². The molecule has 0 spiro atoms. The largest absolute Gasteiger partial charge is 0.822 e.